The molecule has 4 N–H and O–H groups in total. The Morgan fingerprint density at radius 3 is 2.53 bits per heavy atom. The SMILES string of the molecule is NC(=O)CC(NC(=O)c1ccc(Br)s1)C(=O)O. The van der Waals surface area contributed by atoms with Gasteiger partial charge < -0.3 is 16.2 Å². The standard InChI is InChI=1S/C9H9BrN2O4S/c10-6-2-1-5(17-6)8(14)12-4(9(15)16)3-7(11)13/h1-2,4H,3H2,(H2,11,13)(H,12,14)(H,15,16). The largest absolute Gasteiger partial charge is 0.480 e. The molecule has 1 rings (SSSR count). The molecule has 1 aromatic rings. The van der Waals surface area contributed by atoms with Crippen molar-refractivity contribution in [1.29, 1.82) is 0 Å². The Morgan fingerprint density at radius 1 is 1.47 bits per heavy atom. The number of thiophene rings is 1. The zero-order valence-electron chi connectivity index (χ0n) is 8.47. The van der Waals surface area contributed by atoms with Crippen LogP contribution in [0.5, 0.6) is 0 Å². The van der Waals surface area contributed by atoms with Gasteiger partial charge in [-0.3, -0.25) is 9.59 Å². The molecule has 1 aromatic heterocycles. The first-order chi connectivity index (χ1) is 7.90. The molecule has 1 atom stereocenters. The molecule has 0 fully saturated rings. The number of nitrogens with one attached hydrogen (secondary N) is 1. The smallest absolute Gasteiger partial charge is 0.326 e. The van der Waals surface area contributed by atoms with Gasteiger partial charge in [-0.15, -0.1) is 11.3 Å². The minimum Gasteiger partial charge on any atom is -0.480 e. The second-order valence-corrected chi connectivity index (χ2v) is 5.60. The van der Waals surface area contributed by atoms with Crippen LogP contribution in [0.2, 0.25) is 0 Å². The lowest BCUT2D eigenvalue weighted by Gasteiger charge is -2.11. The van der Waals surface area contributed by atoms with Gasteiger partial charge in [-0.25, -0.2) is 4.79 Å². The highest BCUT2D eigenvalue weighted by atomic mass is 79.9. The molecule has 0 radical (unpaired) electrons. The Morgan fingerprint density at radius 2 is 2.12 bits per heavy atom. The number of rotatable bonds is 5. The van der Waals surface area contributed by atoms with Crippen molar-refractivity contribution in [3.05, 3.63) is 20.8 Å². The summed E-state index contributed by atoms with van der Waals surface area (Å²) in [5.74, 6) is -2.63. The molecular weight excluding hydrogens is 312 g/mol. The van der Waals surface area contributed by atoms with Crippen molar-refractivity contribution in [2.24, 2.45) is 5.73 Å². The van der Waals surface area contributed by atoms with Crippen LogP contribution in [0.15, 0.2) is 15.9 Å². The van der Waals surface area contributed by atoms with E-state index in [1.165, 1.54) is 0 Å². The topological polar surface area (TPSA) is 109 Å². The van der Waals surface area contributed by atoms with Gasteiger partial charge in [0, 0.05) is 0 Å². The summed E-state index contributed by atoms with van der Waals surface area (Å²) < 4.78 is 0.754. The van der Waals surface area contributed by atoms with E-state index in [0.29, 0.717) is 4.88 Å². The van der Waals surface area contributed by atoms with Gasteiger partial charge in [0.15, 0.2) is 0 Å². The van der Waals surface area contributed by atoms with E-state index in [9.17, 15) is 14.4 Å². The number of primary amides is 1. The average molecular weight is 321 g/mol. The van der Waals surface area contributed by atoms with E-state index in [0.717, 1.165) is 15.1 Å². The van der Waals surface area contributed by atoms with Crippen molar-refractivity contribution < 1.29 is 19.5 Å². The van der Waals surface area contributed by atoms with Gasteiger partial charge in [0.05, 0.1) is 15.1 Å². The summed E-state index contributed by atoms with van der Waals surface area (Å²) in [7, 11) is 0. The molecule has 0 aliphatic carbocycles. The quantitative estimate of drug-likeness (QED) is 0.736. The Labute approximate surface area is 109 Å². The summed E-state index contributed by atoms with van der Waals surface area (Å²) in [6.07, 6.45) is -0.437. The van der Waals surface area contributed by atoms with Crippen molar-refractivity contribution in [1.82, 2.24) is 5.32 Å². The van der Waals surface area contributed by atoms with Crippen molar-refractivity contribution in [3.8, 4) is 0 Å². The number of hydrogen-bond acceptors (Lipinski definition) is 4. The molecule has 1 unspecified atom stereocenters. The van der Waals surface area contributed by atoms with E-state index in [4.69, 9.17) is 10.8 Å². The number of carbonyl (C=O) groups excluding carboxylic acids is 2. The third-order valence-electron chi connectivity index (χ3n) is 1.81. The molecule has 0 saturated carbocycles. The monoisotopic (exact) mass is 320 g/mol. The van der Waals surface area contributed by atoms with Gasteiger partial charge in [0.2, 0.25) is 5.91 Å². The lowest BCUT2D eigenvalue weighted by molar-refractivity contribution is -0.140. The third-order valence-corrected chi connectivity index (χ3v) is 3.43. The maximum atomic E-state index is 11.6. The molecule has 0 bridgehead atoms. The Hall–Kier alpha value is -1.41. The fourth-order valence-corrected chi connectivity index (χ4v) is 2.36. The van der Waals surface area contributed by atoms with E-state index >= 15 is 0 Å². The zero-order chi connectivity index (χ0) is 13.0. The summed E-state index contributed by atoms with van der Waals surface area (Å²) in [5.41, 5.74) is 4.89. The summed E-state index contributed by atoms with van der Waals surface area (Å²) in [6.45, 7) is 0. The second-order valence-electron chi connectivity index (χ2n) is 3.14. The van der Waals surface area contributed by atoms with Crippen LogP contribution in [-0.4, -0.2) is 28.9 Å². The van der Waals surface area contributed by atoms with E-state index in [1.54, 1.807) is 12.1 Å². The van der Waals surface area contributed by atoms with Crippen LogP contribution in [0, 0.1) is 0 Å². The number of carboxylic acid groups (broad SMARTS) is 1. The van der Waals surface area contributed by atoms with Crippen LogP contribution in [0.4, 0.5) is 0 Å². The molecule has 1 heterocycles. The van der Waals surface area contributed by atoms with Crippen molar-refractivity contribution >= 4 is 45.1 Å². The molecular formula is C9H9BrN2O4S. The van der Waals surface area contributed by atoms with Crippen LogP contribution >= 0.6 is 27.3 Å². The molecule has 6 nitrogen and oxygen atoms in total. The Balaban J connectivity index is 2.70. The van der Waals surface area contributed by atoms with Gasteiger partial charge in [-0.05, 0) is 28.1 Å². The highest BCUT2D eigenvalue weighted by Crippen LogP contribution is 2.21. The Bertz CT molecular complexity index is 460. The maximum absolute atomic E-state index is 11.6. The van der Waals surface area contributed by atoms with Crippen LogP contribution in [0.3, 0.4) is 0 Å². The average Bonchev–Trinajstić information content (AvgIpc) is 2.63. The fraction of sp³-hybridized carbons (Fsp3) is 0.222. The molecule has 0 spiro atoms. The van der Waals surface area contributed by atoms with Gasteiger partial charge >= 0.3 is 5.97 Å². The summed E-state index contributed by atoms with van der Waals surface area (Å²) in [5, 5.41) is 11.0. The molecule has 0 aliphatic rings. The van der Waals surface area contributed by atoms with Crippen molar-refractivity contribution in [2.75, 3.05) is 0 Å². The lowest BCUT2D eigenvalue weighted by atomic mass is 10.2. The van der Waals surface area contributed by atoms with Crippen LogP contribution in [0.25, 0.3) is 0 Å². The molecule has 17 heavy (non-hydrogen) atoms. The zero-order valence-corrected chi connectivity index (χ0v) is 10.9. The minimum atomic E-state index is -1.30. The molecule has 2 amide bonds. The first-order valence-electron chi connectivity index (χ1n) is 4.47. The summed E-state index contributed by atoms with van der Waals surface area (Å²) >= 11 is 4.35. The minimum absolute atomic E-state index is 0.354. The highest BCUT2D eigenvalue weighted by molar-refractivity contribution is 9.11. The number of halogens is 1. The fourth-order valence-electron chi connectivity index (χ4n) is 1.07. The number of hydrogen-bond donors (Lipinski definition) is 3. The lowest BCUT2D eigenvalue weighted by Crippen LogP contribution is -2.43. The third kappa shape index (κ3) is 4.16. The summed E-state index contributed by atoms with van der Waals surface area (Å²) in [6, 6.07) is 1.91. The first kappa shape index (κ1) is 13.7. The molecule has 0 saturated heterocycles. The number of aliphatic carboxylic acids is 1. The molecule has 0 aromatic carbocycles. The van der Waals surface area contributed by atoms with E-state index in [-0.39, 0.29) is 0 Å². The van der Waals surface area contributed by atoms with E-state index < -0.39 is 30.2 Å². The van der Waals surface area contributed by atoms with Crippen LogP contribution in [-0.2, 0) is 9.59 Å². The van der Waals surface area contributed by atoms with Crippen LogP contribution in [0.1, 0.15) is 16.1 Å². The highest BCUT2D eigenvalue weighted by Gasteiger charge is 2.23. The van der Waals surface area contributed by atoms with E-state index in [2.05, 4.69) is 21.2 Å². The number of amides is 2. The maximum Gasteiger partial charge on any atom is 0.326 e. The Kier molecular flexibility index (Phi) is 4.64. The van der Waals surface area contributed by atoms with Gasteiger partial charge in [-0.1, -0.05) is 0 Å². The summed E-state index contributed by atoms with van der Waals surface area (Å²) in [4.78, 5) is 33.4. The van der Waals surface area contributed by atoms with Crippen LogP contribution < -0.4 is 11.1 Å². The first-order valence-corrected chi connectivity index (χ1v) is 6.08. The molecule has 8 heteroatoms. The van der Waals surface area contributed by atoms with Gasteiger partial charge in [0.25, 0.3) is 5.91 Å². The van der Waals surface area contributed by atoms with Crippen molar-refractivity contribution in [3.63, 3.8) is 0 Å². The predicted octanol–water partition coefficient (Wildman–Crippen LogP) is 0.569. The van der Waals surface area contributed by atoms with Gasteiger partial charge in [0.1, 0.15) is 6.04 Å². The predicted molar refractivity (Wildman–Crippen MR) is 64.7 cm³/mol. The number of carbonyl (C=O) groups is 3. The van der Waals surface area contributed by atoms with Crippen molar-refractivity contribution in [2.45, 2.75) is 12.5 Å². The molecule has 92 valence electrons. The number of carboxylic acids is 1. The van der Waals surface area contributed by atoms with E-state index in [1.807, 2.05) is 0 Å². The number of nitrogens with two attached hydrogens (primary N) is 1. The normalized spacial score (nSPS) is 11.8. The second kappa shape index (κ2) is 5.78. The van der Waals surface area contributed by atoms with Gasteiger partial charge in [-0.2, -0.15) is 0 Å². The molecule has 0 aliphatic heterocycles.